The summed E-state index contributed by atoms with van der Waals surface area (Å²) >= 11 is 5.87. The van der Waals surface area contributed by atoms with Crippen LogP contribution in [0.15, 0.2) is 12.3 Å². The monoisotopic (exact) mass is 323 g/mol. The molecular formula is C11H9ClF3N3O3. The van der Waals surface area contributed by atoms with E-state index < -0.39 is 18.8 Å². The highest BCUT2D eigenvalue weighted by molar-refractivity contribution is 6.33. The highest BCUT2D eigenvalue weighted by atomic mass is 35.5. The molecule has 0 saturated heterocycles. The fourth-order valence-electron chi connectivity index (χ4n) is 1.64. The minimum Gasteiger partial charge on any atom is -0.478 e. The average molecular weight is 324 g/mol. The van der Waals surface area contributed by atoms with E-state index in [4.69, 9.17) is 16.7 Å². The molecule has 0 spiro atoms. The van der Waals surface area contributed by atoms with Crippen molar-refractivity contribution in [2.24, 2.45) is 0 Å². The standard InChI is InChI=1S/C11H9ClF3N3O3/c12-7-3-6(10(19)20)4-18-8(16-17-9(7)18)1-2-21-5-11(13,14)15/h3-4H,1-2,5H2,(H,19,20). The first-order chi connectivity index (χ1) is 9.78. The molecule has 1 N–H and O–H groups in total. The van der Waals surface area contributed by atoms with Crippen LogP contribution >= 0.6 is 11.6 Å². The number of ether oxygens (including phenoxy) is 1. The topological polar surface area (TPSA) is 76.7 Å². The van der Waals surface area contributed by atoms with E-state index in [1.807, 2.05) is 0 Å². The minimum absolute atomic E-state index is 0.0383. The van der Waals surface area contributed by atoms with Gasteiger partial charge in [-0.15, -0.1) is 10.2 Å². The van der Waals surface area contributed by atoms with Crippen LogP contribution < -0.4 is 0 Å². The molecule has 0 aliphatic rings. The summed E-state index contributed by atoms with van der Waals surface area (Å²) in [6.45, 7) is -1.58. The van der Waals surface area contributed by atoms with Crippen LogP contribution in [0.5, 0.6) is 0 Å². The maximum atomic E-state index is 11.9. The molecule has 2 rings (SSSR count). The number of rotatable bonds is 5. The molecule has 0 radical (unpaired) electrons. The number of carboxylic acids is 1. The summed E-state index contributed by atoms with van der Waals surface area (Å²) in [5, 5.41) is 16.5. The van der Waals surface area contributed by atoms with Gasteiger partial charge in [0.15, 0.2) is 5.65 Å². The third-order valence-electron chi connectivity index (χ3n) is 2.51. The molecule has 0 aliphatic carbocycles. The van der Waals surface area contributed by atoms with E-state index in [2.05, 4.69) is 14.9 Å². The van der Waals surface area contributed by atoms with Gasteiger partial charge in [0.1, 0.15) is 12.4 Å². The third kappa shape index (κ3) is 3.82. The van der Waals surface area contributed by atoms with Crippen LogP contribution in [0.25, 0.3) is 5.65 Å². The number of aromatic nitrogens is 3. The molecule has 2 aromatic rings. The summed E-state index contributed by atoms with van der Waals surface area (Å²) in [6, 6.07) is 1.22. The van der Waals surface area contributed by atoms with E-state index in [1.54, 1.807) is 0 Å². The van der Waals surface area contributed by atoms with Crippen LogP contribution in [-0.2, 0) is 11.2 Å². The molecule has 0 aromatic carbocycles. The molecule has 6 nitrogen and oxygen atoms in total. The van der Waals surface area contributed by atoms with Gasteiger partial charge in [-0.3, -0.25) is 4.40 Å². The number of carboxylic acid groups (broad SMARTS) is 1. The second-order valence-corrected chi connectivity index (χ2v) is 4.52. The van der Waals surface area contributed by atoms with Crippen LogP contribution in [-0.4, -0.2) is 45.1 Å². The van der Waals surface area contributed by atoms with Crippen molar-refractivity contribution in [2.45, 2.75) is 12.6 Å². The Morgan fingerprint density at radius 3 is 2.76 bits per heavy atom. The van der Waals surface area contributed by atoms with Crippen molar-refractivity contribution in [1.82, 2.24) is 14.6 Å². The predicted molar refractivity (Wildman–Crippen MR) is 65.5 cm³/mol. The van der Waals surface area contributed by atoms with Gasteiger partial charge in [-0.2, -0.15) is 13.2 Å². The largest absolute Gasteiger partial charge is 0.478 e. The van der Waals surface area contributed by atoms with E-state index in [0.717, 1.165) is 0 Å². The zero-order valence-electron chi connectivity index (χ0n) is 10.4. The maximum absolute atomic E-state index is 11.9. The molecular weight excluding hydrogens is 315 g/mol. The fourth-order valence-corrected chi connectivity index (χ4v) is 1.88. The second-order valence-electron chi connectivity index (χ2n) is 4.11. The summed E-state index contributed by atoms with van der Waals surface area (Å²) in [4.78, 5) is 10.9. The highest BCUT2D eigenvalue weighted by Crippen LogP contribution is 2.19. The lowest BCUT2D eigenvalue weighted by Gasteiger charge is -2.07. The molecule has 2 heterocycles. The first-order valence-electron chi connectivity index (χ1n) is 5.69. The Balaban J connectivity index is 2.15. The molecule has 21 heavy (non-hydrogen) atoms. The zero-order valence-corrected chi connectivity index (χ0v) is 11.1. The quantitative estimate of drug-likeness (QED) is 0.854. The number of nitrogens with zero attached hydrogens (tertiary/aromatic N) is 3. The normalized spacial score (nSPS) is 12.0. The number of aromatic carboxylic acids is 1. The van der Waals surface area contributed by atoms with Crippen molar-refractivity contribution in [1.29, 1.82) is 0 Å². The Labute approximate surface area is 121 Å². The Morgan fingerprint density at radius 2 is 2.14 bits per heavy atom. The number of pyridine rings is 1. The van der Waals surface area contributed by atoms with Crippen molar-refractivity contribution in [3.63, 3.8) is 0 Å². The van der Waals surface area contributed by atoms with E-state index in [-0.39, 0.29) is 35.1 Å². The van der Waals surface area contributed by atoms with Gasteiger partial charge in [0, 0.05) is 12.6 Å². The molecule has 0 fully saturated rings. The molecule has 114 valence electrons. The Hall–Kier alpha value is -1.87. The molecule has 0 unspecified atom stereocenters. The lowest BCUT2D eigenvalue weighted by molar-refractivity contribution is -0.173. The summed E-state index contributed by atoms with van der Waals surface area (Å²) in [7, 11) is 0. The average Bonchev–Trinajstić information content (AvgIpc) is 2.77. The molecule has 0 aliphatic heterocycles. The van der Waals surface area contributed by atoms with Crippen LogP contribution in [0.1, 0.15) is 16.2 Å². The molecule has 10 heteroatoms. The Morgan fingerprint density at radius 1 is 1.43 bits per heavy atom. The zero-order chi connectivity index (χ0) is 15.6. The van der Waals surface area contributed by atoms with Gasteiger partial charge in [0.2, 0.25) is 0 Å². The SMILES string of the molecule is O=C(O)c1cc(Cl)c2nnc(CCOCC(F)(F)F)n2c1. The summed E-state index contributed by atoms with van der Waals surface area (Å²) in [6.07, 6.45) is -3.11. The van der Waals surface area contributed by atoms with Crippen molar-refractivity contribution in [2.75, 3.05) is 13.2 Å². The van der Waals surface area contributed by atoms with Gasteiger partial charge >= 0.3 is 12.1 Å². The number of carbonyl (C=O) groups is 1. The number of fused-ring (bicyclic) bond motifs is 1. The van der Waals surface area contributed by atoms with Crippen molar-refractivity contribution in [3.05, 3.63) is 28.7 Å². The Kier molecular flexibility index (Phi) is 4.33. The van der Waals surface area contributed by atoms with E-state index >= 15 is 0 Å². The van der Waals surface area contributed by atoms with Gasteiger partial charge in [-0.05, 0) is 6.07 Å². The van der Waals surface area contributed by atoms with Crippen LogP contribution in [0, 0.1) is 0 Å². The lowest BCUT2D eigenvalue weighted by Crippen LogP contribution is -2.18. The smallest absolute Gasteiger partial charge is 0.411 e. The highest BCUT2D eigenvalue weighted by Gasteiger charge is 2.27. The summed E-state index contributed by atoms with van der Waals surface area (Å²) in [5.74, 6) is -0.927. The predicted octanol–water partition coefficient (Wildman–Crippen LogP) is 2.20. The summed E-state index contributed by atoms with van der Waals surface area (Å²) in [5.41, 5.74) is 0.150. The van der Waals surface area contributed by atoms with Crippen LogP contribution in [0.4, 0.5) is 13.2 Å². The van der Waals surface area contributed by atoms with Gasteiger partial charge < -0.3 is 9.84 Å². The van der Waals surface area contributed by atoms with Crippen molar-refractivity contribution < 1.29 is 27.8 Å². The number of hydrogen-bond donors (Lipinski definition) is 1. The van der Waals surface area contributed by atoms with Gasteiger partial charge in [-0.25, -0.2) is 4.79 Å². The molecule has 2 aromatic heterocycles. The number of hydrogen-bond acceptors (Lipinski definition) is 4. The number of halogens is 4. The molecule has 0 saturated carbocycles. The maximum Gasteiger partial charge on any atom is 0.411 e. The first-order valence-corrected chi connectivity index (χ1v) is 6.06. The van der Waals surface area contributed by atoms with Gasteiger partial charge in [-0.1, -0.05) is 11.6 Å². The van der Waals surface area contributed by atoms with Crippen molar-refractivity contribution in [3.8, 4) is 0 Å². The number of alkyl halides is 3. The van der Waals surface area contributed by atoms with Gasteiger partial charge in [0.05, 0.1) is 17.2 Å². The lowest BCUT2D eigenvalue weighted by atomic mass is 10.3. The fraction of sp³-hybridized carbons (Fsp3) is 0.364. The van der Waals surface area contributed by atoms with Crippen molar-refractivity contribution >= 4 is 23.2 Å². The van der Waals surface area contributed by atoms with E-state index in [9.17, 15) is 18.0 Å². The van der Waals surface area contributed by atoms with Gasteiger partial charge in [0.25, 0.3) is 0 Å². The van der Waals surface area contributed by atoms with E-state index in [0.29, 0.717) is 0 Å². The molecule has 0 bridgehead atoms. The molecule has 0 amide bonds. The Bertz CT molecular complexity index is 672. The third-order valence-corrected chi connectivity index (χ3v) is 2.79. The van der Waals surface area contributed by atoms with Crippen LogP contribution in [0.3, 0.4) is 0 Å². The molecule has 0 atom stereocenters. The second kappa shape index (κ2) is 5.86. The first kappa shape index (κ1) is 15.5. The van der Waals surface area contributed by atoms with E-state index in [1.165, 1.54) is 16.7 Å². The van der Waals surface area contributed by atoms with Crippen LogP contribution in [0.2, 0.25) is 5.02 Å². The summed E-state index contributed by atoms with van der Waals surface area (Å²) < 4.78 is 41.6. The minimum atomic E-state index is -4.40.